The minimum absolute atomic E-state index is 0.187. The number of methoxy groups -OCH3 is 1. The molecule has 3 rings (SSSR count). The van der Waals surface area contributed by atoms with Crippen LogP contribution in [0, 0.1) is 5.41 Å². The molecule has 1 aromatic heterocycles. The van der Waals surface area contributed by atoms with Gasteiger partial charge in [-0.3, -0.25) is 0 Å². The summed E-state index contributed by atoms with van der Waals surface area (Å²) in [6.45, 7) is 9.11. The monoisotopic (exact) mass is 263 g/mol. The predicted molar refractivity (Wildman–Crippen MR) is 75.3 cm³/mol. The number of nitrogens with one attached hydrogen (secondary N) is 1. The topological polar surface area (TPSA) is 39.1 Å². The van der Waals surface area contributed by atoms with E-state index in [1.165, 1.54) is 12.1 Å². The van der Waals surface area contributed by atoms with Crippen molar-refractivity contribution in [1.29, 1.82) is 0 Å². The first-order chi connectivity index (χ1) is 8.99. The lowest BCUT2D eigenvalue weighted by molar-refractivity contribution is -0.113. The van der Waals surface area contributed by atoms with Gasteiger partial charge in [0.05, 0.1) is 12.4 Å². The van der Waals surface area contributed by atoms with Crippen LogP contribution in [0.2, 0.25) is 0 Å². The molecule has 1 N–H and O–H groups in total. The highest BCUT2D eigenvalue weighted by Gasteiger charge is 2.51. The molecule has 0 aromatic carbocycles. The van der Waals surface area contributed by atoms with Crippen LogP contribution in [-0.4, -0.2) is 35.9 Å². The van der Waals surface area contributed by atoms with Gasteiger partial charge >= 0.3 is 0 Å². The molecule has 2 aliphatic rings. The first-order valence-corrected chi connectivity index (χ1v) is 7.25. The first-order valence-electron chi connectivity index (χ1n) is 7.25. The second kappa shape index (κ2) is 4.32. The normalized spacial score (nSPS) is 37.3. The van der Waals surface area contributed by atoms with Gasteiger partial charge in [-0.25, -0.2) is 4.98 Å². The average Bonchev–Trinajstić information content (AvgIpc) is 2.98. The maximum atomic E-state index is 5.57. The Labute approximate surface area is 115 Å². The maximum Gasteiger partial charge on any atom is 0.0951 e. The minimum atomic E-state index is 0.187. The smallest absolute Gasteiger partial charge is 0.0951 e. The first kappa shape index (κ1) is 13.1. The zero-order chi connectivity index (χ0) is 13.7. The van der Waals surface area contributed by atoms with Crippen LogP contribution < -0.4 is 5.32 Å². The summed E-state index contributed by atoms with van der Waals surface area (Å²) in [5, 5.41) is 3.48. The molecule has 0 radical (unpaired) electrons. The van der Waals surface area contributed by atoms with Crippen LogP contribution in [0.4, 0.5) is 0 Å². The van der Waals surface area contributed by atoms with Crippen molar-refractivity contribution in [3.8, 4) is 0 Å². The lowest BCUT2D eigenvalue weighted by Crippen LogP contribution is -2.51. The van der Waals surface area contributed by atoms with Gasteiger partial charge in [-0.15, -0.1) is 0 Å². The fourth-order valence-electron chi connectivity index (χ4n) is 3.79. The molecule has 0 bridgehead atoms. The summed E-state index contributed by atoms with van der Waals surface area (Å²) >= 11 is 0. The summed E-state index contributed by atoms with van der Waals surface area (Å²) in [5.41, 5.74) is 1.79. The fraction of sp³-hybridized carbons (Fsp3) is 0.800. The Bertz CT molecular complexity index is 460. The van der Waals surface area contributed by atoms with Gasteiger partial charge in [0, 0.05) is 42.4 Å². The van der Waals surface area contributed by atoms with E-state index in [4.69, 9.17) is 4.74 Å². The van der Waals surface area contributed by atoms with Gasteiger partial charge < -0.3 is 14.6 Å². The van der Waals surface area contributed by atoms with Crippen molar-refractivity contribution in [3.05, 3.63) is 18.2 Å². The highest BCUT2D eigenvalue weighted by Crippen LogP contribution is 2.52. The summed E-state index contributed by atoms with van der Waals surface area (Å²) in [6.07, 6.45) is 6.72. The van der Waals surface area contributed by atoms with Crippen molar-refractivity contribution >= 4 is 0 Å². The van der Waals surface area contributed by atoms with Crippen molar-refractivity contribution in [2.24, 2.45) is 5.41 Å². The third kappa shape index (κ3) is 1.84. The van der Waals surface area contributed by atoms with Gasteiger partial charge in [-0.05, 0) is 19.4 Å². The van der Waals surface area contributed by atoms with Gasteiger partial charge in [-0.1, -0.05) is 20.8 Å². The molecule has 3 atom stereocenters. The molecule has 4 nitrogen and oxygen atoms in total. The lowest BCUT2D eigenvalue weighted by atomic mass is 9.64. The summed E-state index contributed by atoms with van der Waals surface area (Å²) < 4.78 is 7.98. The number of imidazole rings is 1. The highest BCUT2D eigenvalue weighted by atomic mass is 16.5. The third-order valence-corrected chi connectivity index (χ3v) is 5.40. The SMILES string of the molecule is COC1CC(n2cncc2C2(C)CCNC2)C1(C)C. The van der Waals surface area contributed by atoms with E-state index in [-0.39, 0.29) is 10.8 Å². The molecule has 1 saturated heterocycles. The number of ether oxygens (including phenoxy) is 1. The second-order valence-electron chi connectivity index (χ2n) is 6.97. The van der Waals surface area contributed by atoms with Crippen LogP contribution >= 0.6 is 0 Å². The molecule has 3 unspecified atom stereocenters. The zero-order valence-corrected chi connectivity index (χ0v) is 12.4. The number of rotatable bonds is 3. The van der Waals surface area contributed by atoms with E-state index in [9.17, 15) is 0 Å². The van der Waals surface area contributed by atoms with E-state index in [2.05, 4.69) is 41.8 Å². The lowest BCUT2D eigenvalue weighted by Gasteiger charge is -2.52. The van der Waals surface area contributed by atoms with Gasteiger partial charge in [-0.2, -0.15) is 0 Å². The largest absolute Gasteiger partial charge is 0.381 e. The molecule has 106 valence electrons. The third-order valence-electron chi connectivity index (χ3n) is 5.40. The van der Waals surface area contributed by atoms with Crippen molar-refractivity contribution < 1.29 is 4.74 Å². The predicted octanol–water partition coefficient (Wildman–Crippen LogP) is 2.12. The van der Waals surface area contributed by atoms with Gasteiger partial charge in [0.2, 0.25) is 0 Å². The molecular weight excluding hydrogens is 238 g/mol. The van der Waals surface area contributed by atoms with Crippen LogP contribution in [-0.2, 0) is 10.2 Å². The van der Waals surface area contributed by atoms with Crippen LogP contribution in [0.25, 0.3) is 0 Å². The van der Waals surface area contributed by atoms with E-state index >= 15 is 0 Å². The molecule has 0 spiro atoms. The van der Waals surface area contributed by atoms with E-state index in [1.54, 1.807) is 0 Å². The molecule has 1 aliphatic heterocycles. The Morgan fingerprint density at radius 2 is 2.21 bits per heavy atom. The fourth-order valence-corrected chi connectivity index (χ4v) is 3.79. The second-order valence-corrected chi connectivity index (χ2v) is 6.97. The van der Waals surface area contributed by atoms with E-state index in [0.717, 1.165) is 19.5 Å². The van der Waals surface area contributed by atoms with Crippen LogP contribution in [0.1, 0.15) is 45.3 Å². The number of aromatic nitrogens is 2. The Morgan fingerprint density at radius 3 is 2.79 bits per heavy atom. The van der Waals surface area contributed by atoms with E-state index in [1.807, 2.05) is 13.4 Å². The standard InChI is InChI=1S/C15H25N3O/c1-14(2)11(7-13(14)19-4)18-10-17-8-12(18)15(3)5-6-16-9-15/h8,10-11,13,16H,5-7,9H2,1-4H3. The summed E-state index contributed by atoms with van der Waals surface area (Å²) in [6, 6.07) is 0.507. The van der Waals surface area contributed by atoms with Gasteiger partial charge in [0.15, 0.2) is 0 Å². The molecule has 0 amide bonds. The van der Waals surface area contributed by atoms with E-state index < -0.39 is 0 Å². The maximum absolute atomic E-state index is 5.57. The Hall–Kier alpha value is -0.870. The van der Waals surface area contributed by atoms with Crippen molar-refractivity contribution in [2.75, 3.05) is 20.2 Å². The summed E-state index contributed by atoms with van der Waals surface area (Å²) in [7, 11) is 1.82. The van der Waals surface area contributed by atoms with Crippen LogP contribution in [0.3, 0.4) is 0 Å². The molecule has 1 aromatic rings. The Morgan fingerprint density at radius 1 is 1.42 bits per heavy atom. The zero-order valence-electron chi connectivity index (χ0n) is 12.4. The average molecular weight is 263 g/mol. The highest BCUT2D eigenvalue weighted by molar-refractivity contribution is 5.20. The molecule has 1 saturated carbocycles. The molecule has 2 fully saturated rings. The molecule has 4 heteroatoms. The molecule has 1 aliphatic carbocycles. The van der Waals surface area contributed by atoms with Gasteiger partial charge in [0.1, 0.15) is 0 Å². The van der Waals surface area contributed by atoms with Gasteiger partial charge in [0.25, 0.3) is 0 Å². The van der Waals surface area contributed by atoms with Crippen LogP contribution in [0.15, 0.2) is 12.5 Å². The number of nitrogens with zero attached hydrogens (tertiary/aromatic N) is 2. The number of hydrogen-bond acceptors (Lipinski definition) is 3. The Balaban J connectivity index is 1.90. The molecule has 2 heterocycles. The van der Waals surface area contributed by atoms with Crippen molar-refractivity contribution in [1.82, 2.24) is 14.9 Å². The van der Waals surface area contributed by atoms with E-state index in [0.29, 0.717) is 12.1 Å². The molecule has 19 heavy (non-hydrogen) atoms. The Kier molecular flexibility index (Phi) is 2.98. The minimum Gasteiger partial charge on any atom is -0.381 e. The molecular formula is C15H25N3O. The quantitative estimate of drug-likeness (QED) is 0.908. The van der Waals surface area contributed by atoms with Crippen molar-refractivity contribution in [3.63, 3.8) is 0 Å². The summed E-state index contributed by atoms with van der Waals surface area (Å²) in [5.74, 6) is 0. The number of hydrogen-bond donors (Lipinski definition) is 1. The van der Waals surface area contributed by atoms with Crippen LogP contribution in [0.5, 0.6) is 0 Å². The van der Waals surface area contributed by atoms with Crippen molar-refractivity contribution in [2.45, 2.75) is 51.2 Å². The summed E-state index contributed by atoms with van der Waals surface area (Å²) in [4.78, 5) is 4.43.